The van der Waals surface area contributed by atoms with Crippen LogP contribution in [0.1, 0.15) is 5.56 Å². The summed E-state index contributed by atoms with van der Waals surface area (Å²) in [6.07, 6.45) is 3.48. The predicted molar refractivity (Wildman–Crippen MR) is 120 cm³/mol. The van der Waals surface area contributed by atoms with E-state index in [4.69, 9.17) is 0 Å². The molecule has 11 heteroatoms. The number of carbonyl (C=O) groups is 2. The van der Waals surface area contributed by atoms with Crippen LogP contribution in [-0.2, 0) is 16.1 Å². The van der Waals surface area contributed by atoms with Crippen LogP contribution in [0.3, 0.4) is 0 Å². The minimum Gasteiger partial charge on any atom is -0.433 e. The van der Waals surface area contributed by atoms with E-state index in [0.29, 0.717) is 13.2 Å². The summed E-state index contributed by atoms with van der Waals surface area (Å²) in [6.45, 7) is 6.12. The average molecular weight is 443 g/mol. The average Bonchev–Trinajstić information content (AvgIpc) is 2.69. The first-order chi connectivity index (χ1) is 13.5. The molecular formula is C17H22B3BrN4O3. The predicted octanol–water partition coefficient (Wildman–Crippen LogP) is 0.115. The van der Waals surface area contributed by atoms with Crippen molar-refractivity contribution in [3.05, 3.63) is 34.4 Å². The van der Waals surface area contributed by atoms with Gasteiger partial charge in [0.25, 0.3) is 7.41 Å². The highest BCUT2D eigenvalue weighted by Gasteiger charge is 2.22. The molecule has 0 saturated carbocycles. The molecule has 0 atom stereocenters. The Morgan fingerprint density at radius 3 is 2.68 bits per heavy atom. The number of pyridine rings is 1. The van der Waals surface area contributed by atoms with Gasteiger partial charge < -0.3 is 24.1 Å². The van der Waals surface area contributed by atoms with E-state index in [2.05, 4.69) is 42.8 Å². The van der Waals surface area contributed by atoms with Crippen molar-refractivity contribution >= 4 is 66.8 Å². The number of benzene rings is 1. The lowest BCUT2D eigenvalue weighted by atomic mass is 9.73. The van der Waals surface area contributed by atoms with Gasteiger partial charge in [0, 0.05) is 49.7 Å². The first-order valence-electron chi connectivity index (χ1n) is 9.37. The smallest absolute Gasteiger partial charge is 0.397 e. The highest BCUT2D eigenvalue weighted by Crippen LogP contribution is 2.32. The van der Waals surface area contributed by atoms with Gasteiger partial charge >= 0.3 is 14.5 Å². The second kappa shape index (κ2) is 9.69. The number of piperazine rings is 1. The monoisotopic (exact) mass is 442 g/mol. The molecule has 1 aromatic carbocycles. The lowest BCUT2D eigenvalue weighted by Crippen LogP contribution is -2.47. The van der Waals surface area contributed by atoms with Crippen molar-refractivity contribution in [2.45, 2.75) is 13.4 Å². The zero-order valence-corrected chi connectivity index (χ0v) is 17.5. The maximum atomic E-state index is 11.0. The molecule has 0 aliphatic carbocycles. The zero-order chi connectivity index (χ0) is 20.1. The topological polar surface area (TPSA) is 77.0 Å². The number of nitrogens with zero attached hydrogens (tertiary/aromatic N) is 4. The van der Waals surface area contributed by atoms with E-state index in [9.17, 15) is 14.6 Å². The molecule has 2 heterocycles. The Bertz CT molecular complexity index is 850. The molecule has 0 unspecified atom stereocenters. The van der Waals surface area contributed by atoms with E-state index < -0.39 is 7.05 Å². The maximum Gasteiger partial charge on any atom is 0.397 e. The molecule has 1 aromatic heterocycles. The maximum absolute atomic E-state index is 11.0. The molecule has 2 aromatic rings. The Morgan fingerprint density at radius 2 is 2.04 bits per heavy atom. The number of carbonyl (C=O) groups excluding carboxylic acids is 2. The lowest BCUT2D eigenvalue weighted by molar-refractivity contribution is 0.183. The number of hydrogen-bond acceptors (Lipinski definition) is 7. The Kier molecular flexibility index (Phi) is 7.28. The minimum absolute atomic E-state index is 0.0690. The minimum atomic E-state index is -0.822. The Labute approximate surface area is 174 Å². The summed E-state index contributed by atoms with van der Waals surface area (Å²) >= 11 is 3.62. The standard InChI is InChI=1S/C17H22B3BrN4O3/c1-20(28)25(19-12-27)17-16(21)15-8-13(2-3-14(15)9-22-17)10-23-4-6-24(7-5-23)18-11-26/h2-3,8-9,11-12,18-19,28H,4-7,10H2,1H3. The van der Waals surface area contributed by atoms with Crippen molar-refractivity contribution < 1.29 is 14.6 Å². The SMILES string of the molecule is CB(O)N(BC=O)c1ncc2ccc(CN3CCN(BC=O)CC3)cc2c1Br. The third kappa shape index (κ3) is 4.83. The van der Waals surface area contributed by atoms with E-state index in [-0.39, 0.29) is 7.41 Å². The van der Waals surface area contributed by atoms with Crippen LogP contribution >= 0.6 is 15.9 Å². The van der Waals surface area contributed by atoms with Crippen LogP contribution in [-0.4, -0.2) is 80.1 Å². The van der Waals surface area contributed by atoms with Crippen molar-refractivity contribution in [2.24, 2.45) is 0 Å². The van der Waals surface area contributed by atoms with Gasteiger partial charge in [0.15, 0.2) is 0 Å². The Morgan fingerprint density at radius 1 is 1.29 bits per heavy atom. The number of aromatic nitrogens is 1. The molecule has 0 radical (unpaired) electrons. The number of hydrogen-bond donors (Lipinski definition) is 1. The molecule has 1 saturated heterocycles. The Balaban J connectivity index is 1.81. The molecule has 3 rings (SSSR count). The van der Waals surface area contributed by atoms with Gasteiger partial charge in [0.1, 0.15) is 12.0 Å². The van der Waals surface area contributed by atoms with Crippen LogP contribution in [0, 0.1) is 0 Å². The lowest BCUT2D eigenvalue weighted by Gasteiger charge is -2.33. The number of rotatable bonds is 8. The second-order valence-electron chi connectivity index (χ2n) is 7.01. The summed E-state index contributed by atoms with van der Waals surface area (Å²) in [5.74, 6) is 0.550. The first-order valence-corrected chi connectivity index (χ1v) is 10.2. The van der Waals surface area contributed by atoms with Crippen LogP contribution < -0.4 is 4.72 Å². The highest BCUT2D eigenvalue weighted by molar-refractivity contribution is 9.10. The van der Waals surface area contributed by atoms with Gasteiger partial charge in [-0.25, -0.2) is 4.98 Å². The van der Waals surface area contributed by atoms with Crippen LogP contribution in [0.5, 0.6) is 0 Å². The molecule has 0 bridgehead atoms. The van der Waals surface area contributed by atoms with E-state index in [1.54, 1.807) is 17.7 Å². The fourth-order valence-corrected chi connectivity index (χ4v) is 4.18. The molecule has 1 fully saturated rings. The van der Waals surface area contributed by atoms with Crippen molar-refractivity contribution in [1.29, 1.82) is 0 Å². The number of fused-ring (bicyclic) bond motifs is 1. The molecule has 0 spiro atoms. The zero-order valence-electron chi connectivity index (χ0n) is 15.9. The molecule has 1 N–H and O–H groups in total. The van der Waals surface area contributed by atoms with E-state index in [1.807, 2.05) is 6.07 Å². The largest absolute Gasteiger partial charge is 0.433 e. The fourth-order valence-electron chi connectivity index (χ4n) is 3.50. The first kappa shape index (κ1) is 21.0. The van der Waals surface area contributed by atoms with Gasteiger partial charge in [-0.05, 0) is 34.4 Å². The Hall–Kier alpha value is -1.68. The van der Waals surface area contributed by atoms with Crippen molar-refractivity contribution in [3.8, 4) is 0 Å². The van der Waals surface area contributed by atoms with Crippen molar-refractivity contribution in [1.82, 2.24) is 14.7 Å². The van der Waals surface area contributed by atoms with Crippen LogP contribution in [0.4, 0.5) is 5.82 Å². The fraction of sp³-hybridized carbons (Fsp3) is 0.353. The summed E-state index contributed by atoms with van der Waals surface area (Å²) < 4.78 is 2.32. The summed E-state index contributed by atoms with van der Waals surface area (Å²) in [5.41, 5.74) is 1.19. The highest BCUT2D eigenvalue weighted by atomic mass is 79.9. The molecule has 1 aliphatic heterocycles. The van der Waals surface area contributed by atoms with Gasteiger partial charge in [0.2, 0.25) is 0 Å². The van der Waals surface area contributed by atoms with E-state index >= 15 is 0 Å². The molecule has 7 nitrogen and oxygen atoms in total. The number of anilines is 1. The summed E-state index contributed by atoms with van der Waals surface area (Å²) in [7, 11) is -0.246. The second-order valence-corrected chi connectivity index (χ2v) is 7.80. The molecule has 1 aliphatic rings. The third-order valence-electron chi connectivity index (χ3n) is 5.07. The third-order valence-corrected chi connectivity index (χ3v) is 5.86. The van der Waals surface area contributed by atoms with Crippen molar-refractivity contribution in [2.75, 3.05) is 30.9 Å². The van der Waals surface area contributed by atoms with Gasteiger partial charge in [-0.1, -0.05) is 12.1 Å². The van der Waals surface area contributed by atoms with Gasteiger partial charge in [0.05, 0.1) is 10.7 Å². The van der Waals surface area contributed by atoms with Gasteiger partial charge in [-0.3, -0.25) is 4.90 Å². The van der Waals surface area contributed by atoms with Gasteiger partial charge in [-0.2, -0.15) is 0 Å². The van der Waals surface area contributed by atoms with Gasteiger partial charge in [-0.15, -0.1) is 0 Å². The number of halogens is 1. The summed E-state index contributed by atoms with van der Waals surface area (Å²) in [4.78, 5) is 30.6. The summed E-state index contributed by atoms with van der Waals surface area (Å²) in [6, 6.07) is 6.27. The van der Waals surface area contributed by atoms with Crippen LogP contribution in [0.15, 0.2) is 28.9 Å². The van der Waals surface area contributed by atoms with Crippen molar-refractivity contribution in [3.63, 3.8) is 0 Å². The van der Waals surface area contributed by atoms with E-state index in [0.717, 1.165) is 60.3 Å². The van der Waals surface area contributed by atoms with Crippen LogP contribution in [0.25, 0.3) is 10.8 Å². The van der Waals surface area contributed by atoms with Crippen LogP contribution in [0.2, 0.25) is 6.82 Å². The normalized spacial score (nSPS) is 15.2. The molecule has 28 heavy (non-hydrogen) atoms. The quantitative estimate of drug-likeness (QED) is 0.459. The molecular weight excluding hydrogens is 421 g/mol. The van der Waals surface area contributed by atoms with E-state index in [1.165, 1.54) is 5.56 Å². The molecule has 0 amide bonds. The summed E-state index contributed by atoms with van der Waals surface area (Å²) in [5, 5.41) is 12.0. The molecule has 144 valence electrons.